The number of aromatic nitrogens is 5. The average Bonchev–Trinajstić information content (AvgIpc) is 3.01. The van der Waals surface area contributed by atoms with Crippen LogP contribution in [0.1, 0.15) is 29.3 Å². The van der Waals surface area contributed by atoms with Gasteiger partial charge in [-0.1, -0.05) is 12.1 Å². The lowest BCUT2D eigenvalue weighted by Gasteiger charge is -2.10. The third kappa shape index (κ3) is 2.33. The van der Waals surface area contributed by atoms with Crippen LogP contribution in [0, 0.1) is 0 Å². The molecule has 0 aliphatic heterocycles. The van der Waals surface area contributed by atoms with Crippen molar-refractivity contribution in [1.29, 1.82) is 0 Å². The number of hydrogen-bond acceptors (Lipinski definition) is 5. The van der Waals surface area contributed by atoms with Crippen LogP contribution in [0.15, 0.2) is 36.8 Å². The van der Waals surface area contributed by atoms with E-state index in [0.717, 1.165) is 5.52 Å². The van der Waals surface area contributed by atoms with Crippen molar-refractivity contribution in [2.24, 2.45) is 0 Å². The molecule has 7 heteroatoms. The molecule has 2 aromatic heterocycles. The molecule has 1 aromatic carbocycles. The summed E-state index contributed by atoms with van der Waals surface area (Å²) in [5.41, 5.74) is 1.72. The number of nitrogens with zero attached hydrogens (tertiary/aromatic N) is 4. The van der Waals surface area contributed by atoms with E-state index in [4.69, 9.17) is 0 Å². The van der Waals surface area contributed by atoms with E-state index in [9.17, 15) is 4.79 Å². The zero-order valence-corrected chi connectivity index (χ0v) is 10.7. The summed E-state index contributed by atoms with van der Waals surface area (Å²) < 4.78 is 0. The van der Waals surface area contributed by atoms with Gasteiger partial charge in [0.05, 0.1) is 23.3 Å². The van der Waals surface area contributed by atoms with Gasteiger partial charge in [-0.05, 0) is 19.1 Å². The lowest BCUT2D eigenvalue weighted by atomic mass is 10.2. The SMILES string of the molecule is CC(NC(=O)c1cnc2ccccc2n1)c1ncn[nH]1. The Hall–Kier alpha value is -2.83. The van der Waals surface area contributed by atoms with Gasteiger partial charge in [-0.2, -0.15) is 5.10 Å². The fourth-order valence-corrected chi connectivity index (χ4v) is 1.83. The van der Waals surface area contributed by atoms with Crippen LogP contribution in [0.3, 0.4) is 0 Å². The number of rotatable bonds is 3. The molecule has 7 nitrogen and oxygen atoms in total. The summed E-state index contributed by atoms with van der Waals surface area (Å²) in [7, 11) is 0. The summed E-state index contributed by atoms with van der Waals surface area (Å²) in [6.07, 6.45) is 2.86. The second kappa shape index (κ2) is 5.04. The molecule has 2 heterocycles. The van der Waals surface area contributed by atoms with E-state index in [0.29, 0.717) is 11.3 Å². The monoisotopic (exact) mass is 268 g/mol. The summed E-state index contributed by atoms with van der Waals surface area (Å²) in [6, 6.07) is 7.12. The summed E-state index contributed by atoms with van der Waals surface area (Å²) in [5, 5.41) is 9.25. The third-order valence-corrected chi connectivity index (χ3v) is 2.87. The molecule has 1 amide bonds. The third-order valence-electron chi connectivity index (χ3n) is 2.87. The molecular formula is C13H12N6O. The summed E-state index contributed by atoms with van der Waals surface area (Å²) >= 11 is 0. The molecule has 2 N–H and O–H groups in total. The van der Waals surface area contributed by atoms with Gasteiger partial charge in [0.2, 0.25) is 0 Å². The minimum atomic E-state index is -0.299. The lowest BCUT2D eigenvalue weighted by molar-refractivity contribution is 0.0933. The first-order valence-corrected chi connectivity index (χ1v) is 6.12. The van der Waals surface area contributed by atoms with Crippen LogP contribution in [-0.4, -0.2) is 31.1 Å². The van der Waals surface area contributed by atoms with Gasteiger partial charge < -0.3 is 5.32 Å². The minimum absolute atomic E-state index is 0.273. The van der Waals surface area contributed by atoms with Gasteiger partial charge in [-0.15, -0.1) is 0 Å². The van der Waals surface area contributed by atoms with Gasteiger partial charge in [0.25, 0.3) is 5.91 Å². The first-order chi connectivity index (χ1) is 9.74. The summed E-state index contributed by atoms with van der Waals surface area (Å²) in [4.78, 5) is 24.6. The average molecular weight is 268 g/mol. The second-order valence-electron chi connectivity index (χ2n) is 4.31. The van der Waals surface area contributed by atoms with Crippen molar-refractivity contribution >= 4 is 16.9 Å². The number of benzene rings is 1. The number of carbonyl (C=O) groups is 1. The van der Waals surface area contributed by atoms with E-state index in [1.165, 1.54) is 12.5 Å². The Kier molecular flexibility index (Phi) is 3.08. The van der Waals surface area contributed by atoms with E-state index in [-0.39, 0.29) is 17.6 Å². The second-order valence-corrected chi connectivity index (χ2v) is 4.31. The number of fused-ring (bicyclic) bond motifs is 1. The predicted octanol–water partition coefficient (Wildman–Crippen LogP) is 1.24. The van der Waals surface area contributed by atoms with Crippen molar-refractivity contribution in [3.63, 3.8) is 0 Å². The summed E-state index contributed by atoms with van der Waals surface area (Å²) in [6.45, 7) is 1.81. The van der Waals surface area contributed by atoms with Crippen molar-refractivity contribution < 1.29 is 4.79 Å². The van der Waals surface area contributed by atoms with Crippen molar-refractivity contribution in [2.75, 3.05) is 0 Å². The van der Waals surface area contributed by atoms with Crippen LogP contribution < -0.4 is 5.32 Å². The fraction of sp³-hybridized carbons (Fsp3) is 0.154. The number of aromatic amines is 1. The van der Waals surface area contributed by atoms with Crippen LogP contribution in [0.4, 0.5) is 0 Å². The Morgan fingerprint density at radius 3 is 2.80 bits per heavy atom. The van der Waals surface area contributed by atoms with Gasteiger partial charge in [0, 0.05) is 0 Å². The predicted molar refractivity (Wildman–Crippen MR) is 71.8 cm³/mol. The van der Waals surface area contributed by atoms with Crippen molar-refractivity contribution in [1.82, 2.24) is 30.5 Å². The maximum absolute atomic E-state index is 12.1. The quantitative estimate of drug-likeness (QED) is 0.745. The number of nitrogens with one attached hydrogen (secondary N) is 2. The molecule has 0 aliphatic rings. The van der Waals surface area contributed by atoms with Crippen molar-refractivity contribution in [3.8, 4) is 0 Å². The molecule has 0 fully saturated rings. The highest BCUT2D eigenvalue weighted by molar-refractivity contribution is 5.93. The Balaban J connectivity index is 1.82. The fourth-order valence-electron chi connectivity index (χ4n) is 1.83. The van der Waals surface area contributed by atoms with E-state index in [1.54, 1.807) is 0 Å². The Bertz CT molecular complexity index is 739. The first-order valence-electron chi connectivity index (χ1n) is 6.12. The van der Waals surface area contributed by atoms with Crippen LogP contribution in [0.25, 0.3) is 11.0 Å². The normalized spacial score (nSPS) is 12.2. The highest BCUT2D eigenvalue weighted by Gasteiger charge is 2.15. The molecule has 1 atom stereocenters. The molecule has 0 radical (unpaired) electrons. The van der Waals surface area contributed by atoms with Gasteiger partial charge in [0.15, 0.2) is 0 Å². The van der Waals surface area contributed by atoms with Crippen LogP contribution in [-0.2, 0) is 0 Å². The Morgan fingerprint density at radius 2 is 2.05 bits per heavy atom. The molecule has 100 valence electrons. The van der Waals surface area contributed by atoms with E-state index < -0.39 is 0 Å². The van der Waals surface area contributed by atoms with Crippen molar-refractivity contribution in [3.05, 3.63) is 48.3 Å². The van der Waals surface area contributed by atoms with Gasteiger partial charge in [0.1, 0.15) is 17.8 Å². The van der Waals surface area contributed by atoms with Crippen LogP contribution in [0.5, 0.6) is 0 Å². The number of H-pyrrole nitrogens is 1. The van der Waals surface area contributed by atoms with E-state index in [1.807, 2.05) is 31.2 Å². The zero-order valence-electron chi connectivity index (χ0n) is 10.7. The minimum Gasteiger partial charge on any atom is -0.341 e. The van der Waals surface area contributed by atoms with Gasteiger partial charge in [-0.25, -0.2) is 9.97 Å². The van der Waals surface area contributed by atoms with Crippen molar-refractivity contribution in [2.45, 2.75) is 13.0 Å². The maximum Gasteiger partial charge on any atom is 0.272 e. The Morgan fingerprint density at radius 1 is 1.25 bits per heavy atom. The smallest absolute Gasteiger partial charge is 0.272 e. The molecule has 0 spiro atoms. The van der Waals surface area contributed by atoms with E-state index in [2.05, 4.69) is 30.5 Å². The highest BCUT2D eigenvalue weighted by atomic mass is 16.1. The molecular weight excluding hydrogens is 256 g/mol. The first kappa shape index (κ1) is 12.2. The molecule has 0 bridgehead atoms. The van der Waals surface area contributed by atoms with Gasteiger partial charge >= 0.3 is 0 Å². The molecule has 0 saturated heterocycles. The molecule has 0 saturated carbocycles. The number of hydrogen-bond donors (Lipinski definition) is 2. The van der Waals surface area contributed by atoms with E-state index >= 15 is 0 Å². The molecule has 0 aliphatic carbocycles. The zero-order chi connectivity index (χ0) is 13.9. The maximum atomic E-state index is 12.1. The summed E-state index contributed by atoms with van der Waals surface area (Å²) in [5.74, 6) is 0.291. The molecule has 1 unspecified atom stereocenters. The largest absolute Gasteiger partial charge is 0.341 e. The number of carbonyl (C=O) groups excluding carboxylic acids is 1. The molecule has 20 heavy (non-hydrogen) atoms. The Labute approximate surface area is 114 Å². The topological polar surface area (TPSA) is 96.5 Å². The van der Waals surface area contributed by atoms with Gasteiger partial charge in [-0.3, -0.25) is 14.9 Å². The van der Waals surface area contributed by atoms with Crippen LogP contribution >= 0.6 is 0 Å². The highest BCUT2D eigenvalue weighted by Crippen LogP contribution is 2.10. The molecule has 3 rings (SSSR count). The number of para-hydroxylation sites is 2. The molecule has 3 aromatic rings. The van der Waals surface area contributed by atoms with Crippen LogP contribution in [0.2, 0.25) is 0 Å². The lowest BCUT2D eigenvalue weighted by Crippen LogP contribution is -2.28. The standard InChI is InChI=1S/C13H12N6O/c1-8(12-15-7-16-19-12)17-13(20)11-6-14-9-4-2-3-5-10(9)18-11/h2-8H,1H3,(H,17,20)(H,15,16,19). The number of amides is 1.